The zero-order valence-corrected chi connectivity index (χ0v) is 8.64. The molecule has 0 heterocycles. The van der Waals surface area contributed by atoms with E-state index in [-0.39, 0.29) is 5.82 Å². The topological polar surface area (TPSA) is 23.8 Å². The third-order valence-electron chi connectivity index (χ3n) is 1.68. The summed E-state index contributed by atoms with van der Waals surface area (Å²) in [6.45, 7) is 0. The molecule has 3 heteroatoms. The molecule has 0 fully saturated rings. The van der Waals surface area contributed by atoms with E-state index in [1.165, 1.54) is 12.1 Å². The second-order valence-corrected chi connectivity index (χ2v) is 3.71. The average molecular weight is 242 g/mol. The van der Waals surface area contributed by atoms with Gasteiger partial charge >= 0.3 is 0 Å². The Morgan fingerprint density at radius 1 is 1.38 bits per heavy atom. The lowest BCUT2D eigenvalue weighted by Gasteiger charge is -2.00. The zero-order chi connectivity index (χ0) is 9.68. The molecule has 1 nitrogen and oxygen atoms in total. The van der Waals surface area contributed by atoms with Gasteiger partial charge in [-0.2, -0.15) is 5.26 Å². The maximum Gasteiger partial charge on any atom is 0.124 e. The number of unbranched alkanes of at least 4 members (excludes halogenated alkanes) is 1. The molecule has 1 aromatic rings. The highest BCUT2D eigenvalue weighted by Gasteiger charge is 1.98. The Hall–Kier alpha value is -0.880. The van der Waals surface area contributed by atoms with E-state index in [4.69, 9.17) is 5.26 Å². The van der Waals surface area contributed by atoms with Crippen LogP contribution in [0.3, 0.4) is 0 Å². The Morgan fingerprint density at radius 2 is 2.15 bits per heavy atom. The molecular weight excluding hydrogens is 233 g/mol. The molecule has 0 spiro atoms. The largest absolute Gasteiger partial charge is 0.207 e. The number of nitriles is 1. The van der Waals surface area contributed by atoms with Crippen LogP contribution in [-0.2, 0) is 6.42 Å². The predicted octanol–water partition coefficient (Wildman–Crippen LogP) is 3.43. The van der Waals surface area contributed by atoms with Gasteiger partial charge in [0.2, 0.25) is 0 Å². The fourth-order valence-corrected chi connectivity index (χ4v) is 1.64. The van der Waals surface area contributed by atoms with E-state index in [1.807, 2.05) is 6.07 Å². The van der Waals surface area contributed by atoms with Crippen molar-refractivity contribution in [3.8, 4) is 6.07 Å². The van der Waals surface area contributed by atoms with Crippen LogP contribution in [0.4, 0.5) is 4.39 Å². The minimum Gasteiger partial charge on any atom is -0.207 e. The molecule has 0 aromatic heterocycles. The summed E-state index contributed by atoms with van der Waals surface area (Å²) < 4.78 is 13.6. The molecule has 68 valence electrons. The summed E-state index contributed by atoms with van der Waals surface area (Å²) in [6, 6.07) is 6.86. The van der Waals surface area contributed by atoms with E-state index in [0.717, 1.165) is 22.9 Å². The fraction of sp³-hybridized carbons (Fsp3) is 0.300. The van der Waals surface area contributed by atoms with Gasteiger partial charge < -0.3 is 0 Å². The number of benzene rings is 1. The average Bonchev–Trinajstić information content (AvgIpc) is 2.03. The fourth-order valence-electron chi connectivity index (χ4n) is 1.13. The molecule has 0 atom stereocenters. The molecule has 0 radical (unpaired) electrons. The van der Waals surface area contributed by atoms with Gasteiger partial charge in [0, 0.05) is 10.9 Å². The van der Waals surface area contributed by atoms with Crippen molar-refractivity contribution in [1.29, 1.82) is 5.26 Å². The van der Waals surface area contributed by atoms with Crippen LogP contribution >= 0.6 is 15.9 Å². The summed E-state index contributed by atoms with van der Waals surface area (Å²) in [5, 5.41) is 8.32. The summed E-state index contributed by atoms with van der Waals surface area (Å²) in [7, 11) is 0. The normalized spacial score (nSPS) is 9.62. The van der Waals surface area contributed by atoms with E-state index in [0.29, 0.717) is 6.42 Å². The number of aryl methyl sites for hydroxylation is 1. The van der Waals surface area contributed by atoms with Gasteiger partial charge in [-0.25, -0.2) is 4.39 Å². The van der Waals surface area contributed by atoms with Crippen LogP contribution in [0.2, 0.25) is 0 Å². The van der Waals surface area contributed by atoms with Crippen LogP contribution in [-0.4, -0.2) is 0 Å². The van der Waals surface area contributed by atoms with E-state index < -0.39 is 0 Å². The molecule has 0 bridgehead atoms. The van der Waals surface area contributed by atoms with Gasteiger partial charge in [0.05, 0.1) is 6.07 Å². The number of halogens is 2. The minimum atomic E-state index is -0.235. The van der Waals surface area contributed by atoms with Crippen molar-refractivity contribution in [3.05, 3.63) is 34.1 Å². The SMILES string of the molecule is N#CCCCc1cc(F)cc(Br)c1. The summed E-state index contributed by atoms with van der Waals surface area (Å²) in [5.74, 6) is -0.235. The molecule has 0 N–H and O–H groups in total. The zero-order valence-electron chi connectivity index (χ0n) is 7.06. The molecular formula is C10H9BrFN. The molecule has 1 aromatic carbocycles. The first-order valence-corrected chi connectivity index (χ1v) is 4.83. The highest BCUT2D eigenvalue weighted by Crippen LogP contribution is 2.16. The van der Waals surface area contributed by atoms with E-state index in [9.17, 15) is 4.39 Å². The van der Waals surface area contributed by atoms with Gasteiger partial charge in [0.15, 0.2) is 0 Å². The summed E-state index contributed by atoms with van der Waals surface area (Å²) in [5.41, 5.74) is 0.933. The highest BCUT2D eigenvalue weighted by molar-refractivity contribution is 9.10. The smallest absolute Gasteiger partial charge is 0.124 e. The number of nitrogens with zero attached hydrogens (tertiary/aromatic N) is 1. The van der Waals surface area contributed by atoms with Gasteiger partial charge in [-0.15, -0.1) is 0 Å². The summed E-state index contributed by atoms with van der Waals surface area (Å²) in [6.07, 6.45) is 2.06. The molecule has 0 aliphatic rings. The lowest BCUT2D eigenvalue weighted by Crippen LogP contribution is -1.86. The van der Waals surface area contributed by atoms with E-state index in [1.54, 1.807) is 0 Å². The summed E-state index contributed by atoms with van der Waals surface area (Å²) >= 11 is 3.22. The van der Waals surface area contributed by atoms with Crippen LogP contribution in [0.1, 0.15) is 18.4 Å². The first-order valence-electron chi connectivity index (χ1n) is 4.04. The number of hydrogen-bond acceptors (Lipinski definition) is 1. The number of hydrogen-bond donors (Lipinski definition) is 0. The van der Waals surface area contributed by atoms with Gasteiger partial charge in [-0.05, 0) is 36.6 Å². The molecule has 0 aliphatic carbocycles. The monoisotopic (exact) mass is 241 g/mol. The van der Waals surface area contributed by atoms with Gasteiger partial charge in [-0.1, -0.05) is 15.9 Å². The molecule has 0 unspecified atom stereocenters. The predicted molar refractivity (Wildman–Crippen MR) is 52.7 cm³/mol. The van der Waals surface area contributed by atoms with Gasteiger partial charge in [-0.3, -0.25) is 0 Å². The number of rotatable bonds is 3. The van der Waals surface area contributed by atoms with Crippen molar-refractivity contribution in [2.45, 2.75) is 19.3 Å². The molecule has 0 aliphatic heterocycles. The highest BCUT2D eigenvalue weighted by atomic mass is 79.9. The van der Waals surface area contributed by atoms with Gasteiger partial charge in [0.1, 0.15) is 5.82 Å². The molecule has 13 heavy (non-hydrogen) atoms. The Bertz CT molecular complexity index is 310. The Morgan fingerprint density at radius 3 is 2.77 bits per heavy atom. The van der Waals surface area contributed by atoms with E-state index in [2.05, 4.69) is 22.0 Å². The minimum absolute atomic E-state index is 0.235. The maximum atomic E-state index is 12.8. The molecule has 0 saturated heterocycles. The van der Waals surface area contributed by atoms with Crippen LogP contribution in [0.5, 0.6) is 0 Å². The van der Waals surface area contributed by atoms with Crippen LogP contribution < -0.4 is 0 Å². The van der Waals surface area contributed by atoms with Crippen molar-refractivity contribution in [2.75, 3.05) is 0 Å². The van der Waals surface area contributed by atoms with Crippen LogP contribution in [0.25, 0.3) is 0 Å². The Kier molecular flexibility index (Phi) is 3.91. The van der Waals surface area contributed by atoms with Crippen LogP contribution in [0, 0.1) is 17.1 Å². The van der Waals surface area contributed by atoms with Crippen molar-refractivity contribution < 1.29 is 4.39 Å². The maximum absolute atomic E-state index is 12.8. The third-order valence-corrected chi connectivity index (χ3v) is 2.13. The second-order valence-electron chi connectivity index (χ2n) is 2.79. The van der Waals surface area contributed by atoms with Crippen molar-refractivity contribution in [2.24, 2.45) is 0 Å². The second kappa shape index (κ2) is 4.98. The molecule has 0 amide bonds. The van der Waals surface area contributed by atoms with Gasteiger partial charge in [0.25, 0.3) is 0 Å². The molecule has 1 rings (SSSR count). The Balaban J connectivity index is 2.62. The third kappa shape index (κ3) is 3.56. The first kappa shape index (κ1) is 10.2. The lowest BCUT2D eigenvalue weighted by molar-refractivity contribution is 0.623. The van der Waals surface area contributed by atoms with Crippen molar-refractivity contribution >= 4 is 15.9 Å². The van der Waals surface area contributed by atoms with Crippen molar-refractivity contribution in [1.82, 2.24) is 0 Å². The van der Waals surface area contributed by atoms with Crippen LogP contribution in [0.15, 0.2) is 22.7 Å². The summed E-state index contributed by atoms with van der Waals surface area (Å²) in [4.78, 5) is 0. The lowest BCUT2D eigenvalue weighted by atomic mass is 10.1. The van der Waals surface area contributed by atoms with E-state index >= 15 is 0 Å². The Labute approximate surface area is 85.3 Å². The quantitative estimate of drug-likeness (QED) is 0.745. The first-order chi connectivity index (χ1) is 6.22. The standard InChI is InChI=1S/C10H9BrFN/c11-9-5-8(3-1-2-4-13)6-10(12)7-9/h5-7H,1-3H2. The molecule has 0 saturated carbocycles. The van der Waals surface area contributed by atoms with Crippen molar-refractivity contribution in [3.63, 3.8) is 0 Å².